The molecule has 0 aliphatic rings. The van der Waals surface area contributed by atoms with Gasteiger partial charge in [-0.1, -0.05) is 88.8 Å². The van der Waals surface area contributed by atoms with Crippen molar-refractivity contribution in [2.24, 2.45) is 0 Å². The molecular formula is C20H30O3. The molecule has 1 unspecified atom stereocenters. The van der Waals surface area contributed by atoms with Crippen molar-refractivity contribution in [1.82, 2.24) is 0 Å². The molecule has 3 heteroatoms. The maximum absolute atomic E-state index is 11.4. The Morgan fingerprint density at radius 1 is 1.04 bits per heavy atom. The van der Waals surface area contributed by atoms with E-state index in [-0.39, 0.29) is 0 Å². The van der Waals surface area contributed by atoms with Crippen LogP contribution in [0.2, 0.25) is 0 Å². The van der Waals surface area contributed by atoms with Crippen molar-refractivity contribution in [3.05, 3.63) is 48.6 Å². The van der Waals surface area contributed by atoms with E-state index >= 15 is 0 Å². The van der Waals surface area contributed by atoms with E-state index < -0.39 is 12.3 Å². The van der Waals surface area contributed by atoms with Crippen LogP contribution >= 0.6 is 0 Å². The van der Waals surface area contributed by atoms with E-state index in [0.29, 0.717) is 6.61 Å². The van der Waals surface area contributed by atoms with Gasteiger partial charge in [-0.2, -0.15) is 0 Å². The molecule has 3 nitrogen and oxygen atoms in total. The van der Waals surface area contributed by atoms with E-state index in [0.717, 1.165) is 24.5 Å². The first-order valence-corrected chi connectivity index (χ1v) is 8.77. The first-order chi connectivity index (χ1) is 11.3. The highest BCUT2D eigenvalue weighted by Crippen LogP contribution is 2.20. The monoisotopic (exact) mass is 318 g/mol. The lowest BCUT2D eigenvalue weighted by molar-refractivity contribution is -0.175. The predicted molar refractivity (Wildman–Crippen MR) is 94.0 cm³/mol. The second kappa shape index (κ2) is 12.9. The van der Waals surface area contributed by atoms with E-state index in [9.17, 15) is 4.79 Å². The quantitative estimate of drug-likeness (QED) is 0.206. The third kappa shape index (κ3) is 9.19. The lowest BCUT2D eigenvalue weighted by Gasteiger charge is -2.18. The van der Waals surface area contributed by atoms with Gasteiger partial charge in [-0.3, -0.25) is 0 Å². The van der Waals surface area contributed by atoms with Gasteiger partial charge in [0.2, 0.25) is 6.29 Å². The molecule has 0 spiro atoms. The number of unbranched alkanes of at least 4 members (excludes halogenated alkanes) is 7. The third-order valence-corrected chi connectivity index (χ3v) is 3.73. The molecule has 0 fully saturated rings. The van der Waals surface area contributed by atoms with Gasteiger partial charge in [0.15, 0.2) is 0 Å². The van der Waals surface area contributed by atoms with Gasteiger partial charge in [0.25, 0.3) is 0 Å². The zero-order valence-corrected chi connectivity index (χ0v) is 14.3. The fraction of sp³-hybridized carbons (Fsp3) is 0.550. The molecular weight excluding hydrogens is 288 g/mol. The zero-order valence-electron chi connectivity index (χ0n) is 14.3. The number of esters is 1. The van der Waals surface area contributed by atoms with E-state index in [1.807, 2.05) is 30.3 Å². The number of carbonyl (C=O) groups is 1. The van der Waals surface area contributed by atoms with Crippen LogP contribution in [0, 0.1) is 0 Å². The minimum Gasteiger partial charge on any atom is -0.428 e. The molecule has 1 aromatic carbocycles. The largest absolute Gasteiger partial charge is 0.428 e. The second-order valence-electron chi connectivity index (χ2n) is 5.73. The summed E-state index contributed by atoms with van der Waals surface area (Å²) in [6.07, 6.45) is 10.5. The van der Waals surface area contributed by atoms with Crippen LogP contribution in [-0.2, 0) is 14.3 Å². The molecule has 0 aromatic heterocycles. The third-order valence-electron chi connectivity index (χ3n) is 3.73. The number of hydrogen-bond donors (Lipinski definition) is 0. The van der Waals surface area contributed by atoms with Crippen LogP contribution in [0.1, 0.15) is 70.1 Å². The SMILES string of the molecule is C=CC(=O)OC(OCCCCCCCCCC)c1ccccc1. The molecule has 1 rings (SSSR count). The Morgan fingerprint density at radius 3 is 2.26 bits per heavy atom. The highest BCUT2D eigenvalue weighted by Gasteiger charge is 2.15. The fourth-order valence-electron chi connectivity index (χ4n) is 2.39. The lowest BCUT2D eigenvalue weighted by Crippen LogP contribution is -2.13. The van der Waals surface area contributed by atoms with Crippen molar-refractivity contribution in [3.63, 3.8) is 0 Å². The summed E-state index contributed by atoms with van der Waals surface area (Å²) in [5.41, 5.74) is 0.849. The smallest absolute Gasteiger partial charge is 0.332 e. The Kier molecular flexibility index (Phi) is 10.9. The summed E-state index contributed by atoms with van der Waals surface area (Å²) >= 11 is 0. The Balaban J connectivity index is 2.24. The van der Waals surface area contributed by atoms with Gasteiger partial charge in [0.05, 0.1) is 6.61 Å². The number of carbonyl (C=O) groups excluding carboxylic acids is 1. The molecule has 0 heterocycles. The van der Waals surface area contributed by atoms with Crippen LogP contribution in [0.4, 0.5) is 0 Å². The Bertz CT molecular complexity index is 428. The highest BCUT2D eigenvalue weighted by molar-refractivity contribution is 5.81. The average Bonchev–Trinajstić information content (AvgIpc) is 2.59. The molecule has 1 aromatic rings. The molecule has 128 valence electrons. The number of hydrogen-bond acceptors (Lipinski definition) is 3. The molecule has 1 atom stereocenters. The molecule has 23 heavy (non-hydrogen) atoms. The van der Waals surface area contributed by atoms with Crippen LogP contribution in [0.5, 0.6) is 0 Å². The molecule has 0 saturated heterocycles. The molecule has 0 aliphatic carbocycles. The van der Waals surface area contributed by atoms with E-state index in [1.54, 1.807) is 0 Å². The number of ether oxygens (including phenoxy) is 2. The van der Waals surface area contributed by atoms with Gasteiger partial charge in [0, 0.05) is 11.6 Å². The Labute approximate surface area is 140 Å². The van der Waals surface area contributed by atoms with Crippen molar-refractivity contribution >= 4 is 5.97 Å². The highest BCUT2D eigenvalue weighted by atomic mass is 16.7. The summed E-state index contributed by atoms with van der Waals surface area (Å²) < 4.78 is 11.0. The van der Waals surface area contributed by atoms with Crippen molar-refractivity contribution in [2.75, 3.05) is 6.61 Å². The van der Waals surface area contributed by atoms with Crippen molar-refractivity contribution in [1.29, 1.82) is 0 Å². The van der Waals surface area contributed by atoms with Crippen LogP contribution in [-0.4, -0.2) is 12.6 Å². The zero-order chi connectivity index (χ0) is 16.8. The van der Waals surface area contributed by atoms with Gasteiger partial charge in [0.1, 0.15) is 0 Å². The average molecular weight is 318 g/mol. The van der Waals surface area contributed by atoms with Crippen LogP contribution < -0.4 is 0 Å². The van der Waals surface area contributed by atoms with E-state index in [4.69, 9.17) is 9.47 Å². The van der Waals surface area contributed by atoms with E-state index in [2.05, 4.69) is 13.5 Å². The Morgan fingerprint density at radius 2 is 1.65 bits per heavy atom. The molecule has 0 radical (unpaired) electrons. The fourth-order valence-corrected chi connectivity index (χ4v) is 2.39. The van der Waals surface area contributed by atoms with Gasteiger partial charge < -0.3 is 9.47 Å². The topological polar surface area (TPSA) is 35.5 Å². The summed E-state index contributed by atoms with van der Waals surface area (Å²) in [5, 5.41) is 0. The van der Waals surface area contributed by atoms with Crippen molar-refractivity contribution < 1.29 is 14.3 Å². The molecule has 0 aliphatic heterocycles. The normalized spacial score (nSPS) is 11.9. The van der Waals surface area contributed by atoms with Crippen molar-refractivity contribution in [3.8, 4) is 0 Å². The predicted octanol–water partition coefficient (Wildman–Crippen LogP) is 5.57. The van der Waals surface area contributed by atoms with Crippen LogP contribution in [0.3, 0.4) is 0 Å². The van der Waals surface area contributed by atoms with Gasteiger partial charge in [-0.05, 0) is 6.42 Å². The maximum atomic E-state index is 11.4. The van der Waals surface area contributed by atoms with E-state index in [1.165, 1.54) is 38.5 Å². The standard InChI is InChI=1S/C20H30O3/c1-3-5-6-7-8-9-10-14-17-22-20(23-19(21)4-2)18-15-12-11-13-16-18/h4,11-13,15-16,20H,2-3,5-10,14,17H2,1H3. The lowest BCUT2D eigenvalue weighted by atomic mass is 10.1. The molecule has 0 bridgehead atoms. The van der Waals surface area contributed by atoms with Gasteiger partial charge in [-0.25, -0.2) is 4.79 Å². The number of benzene rings is 1. The first-order valence-electron chi connectivity index (χ1n) is 8.77. The molecule has 0 N–H and O–H groups in total. The van der Waals surface area contributed by atoms with Crippen molar-refractivity contribution in [2.45, 2.75) is 64.6 Å². The minimum absolute atomic E-state index is 0.463. The Hall–Kier alpha value is -1.61. The van der Waals surface area contributed by atoms with Crippen LogP contribution in [0.25, 0.3) is 0 Å². The summed E-state index contributed by atoms with van der Waals surface area (Å²) in [7, 11) is 0. The minimum atomic E-state index is -0.647. The van der Waals surface area contributed by atoms with Crippen LogP contribution in [0.15, 0.2) is 43.0 Å². The summed E-state index contributed by atoms with van der Waals surface area (Å²) in [4.78, 5) is 11.4. The summed E-state index contributed by atoms with van der Waals surface area (Å²) in [6, 6.07) is 9.53. The molecule has 0 saturated carbocycles. The maximum Gasteiger partial charge on any atom is 0.332 e. The second-order valence-corrected chi connectivity index (χ2v) is 5.73. The summed E-state index contributed by atoms with van der Waals surface area (Å²) in [5.74, 6) is -0.463. The van der Waals surface area contributed by atoms with Gasteiger partial charge >= 0.3 is 5.97 Å². The molecule has 0 amide bonds. The number of rotatable bonds is 13. The summed E-state index contributed by atoms with van der Waals surface area (Å²) in [6.45, 7) is 6.26. The first kappa shape index (κ1) is 19.4. The van der Waals surface area contributed by atoms with Gasteiger partial charge in [-0.15, -0.1) is 0 Å².